The van der Waals surface area contributed by atoms with Gasteiger partial charge in [-0.2, -0.15) is 0 Å². The number of para-hydroxylation sites is 1. The van der Waals surface area contributed by atoms with Crippen LogP contribution in [-0.2, 0) is 4.79 Å². The van der Waals surface area contributed by atoms with Gasteiger partial charge in [-0.1, -0.05) is 32.0 Å². The molecule has 1 atom stereocenters. The van der Waals surface area contributed by atoms with Gasteiger partial charge >= 0.3 is 0 Å². The van der Waals surface area contributed by atoms with E-state index >= 15 is 0 Å². The minimum Gasteiger partial charge on any atom is -0.493 e. The Morgan fingerprint density at radius 3 is 2.80 bits per heavy atom. The lowest BCUT2D eigenvalue weighted by Crippen LogP contribution is -2.26. The van der Waals surface area contributed by atoms with Crippen LogP contribution in [-0.4, -0.2) is 36.9 Å². The van der Waals surface area contributed by atoms with Crippen molar-refractivity contribution in [1.29, 1.82) is 0 Å². The Morgan fingerprint density at radius 1 is 1.30 bits per heavy atom. The summed E-state index contributed by atoms with van der Waals surface area (Å²) in [6, 6.07) is 8.11. The fourth-order valence-electron chi connectivity index (χ4n) is 2.83. The molecule has 0 spiro atoms. The second-order valence-electron chi connectivity index (χ2n) is 5.39. The SMILES string of the molecule is CCN(CC)CCC(=O)CC1CCOc2ccccc21. The average Bonchev–Trinajstić information content (AvgIpc) is 2.49. The van der Waals surface area contributed by atoms with E-state index in [2.05, 4.69) is 24.8 Å². The third kappa shape index (κ3) is 3.83. The van der Waals surface area contributed by atoms with E-state index in [9.17, 15) is 4.79 Å². The molecular formula is C17H25NO2. The largest absolute Gasteiger partial charge is 0.493 e. The Morgan fingerprint density at radius 2 is 2.05 bits per heavy atom. The molecule has 1 aliphatic heterocycles. The van der Waals surface area contributed by atoms with Gasteiger partial charge in [0, 0.05) is 19.4 Å². The summed E-state index contributed by atoms with van der Waals surface area (Å²) in [5, 5.41) is 0. The van der Waals surface area contributed by atoms with Crippen molar-refractivity contribution in [2.45, 2.75) is 39.0 Å². The normalized spacial score (nSPS) is 17.6. The van der Waals surface area contributed by atoms with Crippen LogP contribution in [0, 0.1) is 0 Å². The molecule has 0 fully saturated rings. The highest BCUT2D eigenvalue weighted by Gasteiger charge is 2.23. The van der Waals surface area contributed by atoms with Crippen LogP contribution in [0.2, 0.25) is 0 Å². The number of carbonyl (C=O) groups excluding carboxylic acids is 1. The lowest BCUT2D eigenvalue weighted by atomic mass is 9.88. The fourth-order valence-corrected chi connectivity index (χ4v) is 2.83. The summed E-state index contributed by atoms with van der Waals surface area (Å²) in [6.45, 7) is 7.93. The van der Waals surface area contributed by atoms with Gasteiger partial charge in [-0.05, 0) is 37.1 Å². The zero-order chi connectivity index (χ0) is 14.4. The predicted octanol–water partition coefficient (Wildman–Crippen LogP) is 3.24. The van der Waals surface area contributed by atoms with Crippen LogP contribution in [0.3, 0.4) is 0 Å². The van der Waals surface area contributed by atoms with Gasteiger partial charge in [0.05, 0.1) is 6.61 Å². The van der Waals surface area contributed by atoms with Crippen molar-refractivity contribution >= 4 is 5.78 Å². The molecule has 1 heterocycles. The number of ketones is 1. The van der Waals surface area contributed by atoms with Gasteiger partial charge in [0.2, 0.25) is 0 Å². The van der Waals surface area contributed by atoms with Crippen LogP contribution in [0.5, 0.6) is 5.75 Å². The molecule has 0 amide bonds. The molecule has 110 valence electrons. The van der Waals surface area contributed by atoms with Crippen molar-refractivity contribution in [3.05, 3.63) is 29.8 Å². The fraction of sp³-hybridized carbons (Fsp3) is 0.588. The second kappa shape index (κ2) is 7.44. The van der Waals surface area contributed by atoms with E-state index in [0.29, 0.717) is 24.5 Å². The minimum absolute atomic E-state index is 0.337. The molecule has 0 bridgehead atoms. The Hall–Kier alpha value is -1.35. The van der Waals surface area contributed by atoms with Crippen LogP contribution < -0.4 is 4.74 Å². The van der Waals surface area contributed by atoms with Crippen LogP contribution in [0.25, 0.3) is 0 Å². The van der Waals surface area contributed by atoms with Gasteiger partial charge in [-0.15, -0.1) is 0 Å². The number of nitrogens with zero attached hydrogens (tertiary/aromatic N) is 1. The number of hydrogen-bond donors (Lipinski definition) is 0. The molecule has 0 aromatic heterocycles. The highest BCUT2D eigenvalue weighted by Crippen LogP contribution is 2.35. The molecule has 0 saturated heterocycles. The second-order valence-corrected chi connectivity index (χ2v) is 5.39. The first-order chi connectivity index (χ1) is 9.74. The first-order valence-electron chi connectivity index (χ1n) is 7.70. The molecule has 1 aromatic rings. The van der Waals surface area contributed by atoms with E-state index in [0.717, 1.165) is 38.4 Å². The lowest BCUT2D eigenvalue weighted by molar-refractivity contribution is -0.119. The summed E-state index contributed by atoms with van der Waals surface area (Å²) in [5.41, 5.74) is 1.20. The van der Waals surface area contributed by atoms with Crippen LogP contribution in [0.1, 0.15) is 44.6 Å². The van der Waals surface area contributed by atoms with E-state index in [-0.39, 0.29) is 0 Å². The molecule has 1 unspecified atom stereocenters. The summed E-state index contributed by atoms with van der Waals surface area (Å²) in [6.07, 6.45) is 2.27. The van der Waals surface area contributed by atoms with Crippen molar-refractivity contribution in [3.63, 3.8) is 0 Å². The summed E-state index contributed by atoms with van der Waals surface area (Å²) in [7, 11) is 0. The summed E-state index contributed by atoms with van der Waals surface area (Å²) in [5.74, 6) is 1.67. The molecule has 3 nitrogen and oxygen atoms in total. The Labute approximate surface area is 121 Å². The van der Waals surface area contributed by atoms with Crippen molar-refractivity contribution < 1.29 is 9.53 Å². The van der Waals surface area contributed by atoms with Gasteiger partial charge in [0.15, 0.2) is 0 Å². The number of benzene rings is 1. The summed E-state index contributed by atoms with van der Waals surface area (Å²) in [4.78, 5) is 14.5. The number of hydrogen-bond acceptors (Lipinski definition) is 3. The topological polar surface area (TPSA) is 29.5 Å². The highest BCUT2D eigenvalue weighted by atomic mass is 16.5. The quantitative estimate of drug-likeness (QED) is 0.765. The molecule has 1 aromatic carbocycles. The monoisotopic (exact) mass is 275 g/mol. The Kier molecular flexibility index (Phi) is 5.60. The first kappa shape index (κ1) is 15.0. The highest BCUT2D eigenvalue weighted by molar-refractivity contribution is 5.79. The van der Waals surface area contributed by atoms with Crippen molar-refractivity contribution in [3.8, 4) is 5.75 Å². The maximum atomic E-state index is 12.2. The molecule has 0 aliphatic carbocycles. The smallest absolute Gasteiger partial charge is 0.134 e. The third-order valence-corrected chi connectivity index (χ3v) is 4.16. The van der Waals surface area contributed by atoms with Gasteiger partial charge in [0.25, 0.3) is 0 Å². The molecule has 0 N–H and O–H groups in total. The van der Waals surface area contributed by atoms with Crippen LogP contribution in [0.4, 0.5) is 0 Å². The summed E-state index contributed by atoms with van der Waals surface area (Å²) < 4.78 is 5.65. The van der Waals surface area contributed by atoms with E-state index in [1.807, 2.05) is 18.2 Å². The number of ether oxygens (including phenoxy) is 1. The van der Waals surface area contributed by atoms with Gasteiger partial charge in [-0.25, -0.2) is 0 Å². The third-order valence-electron chi connectivity index (χ3n) is 4.16. The molecule has 0 radical (unpaired) electrons. The standard InChI is InChI=1S/C17H25NO2/c1-3-18(4-2)11-9-15(19)13-14-10-12-20-17-8-6-5-7-16(14)17/h5-8,14H,3-4,9-13H2,1-2H3. The van der Waals surface area contributed by atoms with Gasteiger partial charge < -0.3 is 9.64 Å². The number of Topliss-reactive ketones (excluding diaryl/α,β-unsaturated/α-hetero) is 1. The number of rotatable bonds is 7. The van der Waals surface area contributed by atoms with Crippen LogP contribution >= 0.6 is 0 Å². The molecule has 0 saturated carbocycles. The molecular weight excluding hydrogens is 250 g/mol. The van der Waals surface area contributed by atoms with E-state index in [4.69, 9.17) is 4.74 Å². The van der Waals surface area contributed by atoms with Gasteiger partial charge in [-0.3, -0.25) is 4.79 Å². The number of carbonyl (C=O) groups is 1. The van der Waals surface area contributed by atoms with Gasteiger partial charge in [0.1, 0.15) is 11.5 Å². The maximum Gasteiger partial charge on any atom is 0.134 e. The van der Waals surface area contributed by atoms with Crippen molar-refractivity contribution in [1.82, 2.24) is 4.90 Å². The minimum atomic E-state index is 0.337. The zero-order valence-electron chi connectivity index (χ0n) is 12.6. The zero-order valence-corrected chi connectivity index (χ0v) is 12.6. The maximum absolute atomic E-state index is 12.2. The van der Waals surface area contributed by atoms with Crippen molar-refractivity contribution in [2.24, 2.45) is 0 Å². The van der Waals surface area contributed by atoms with E-state index < -0.39 is 0 Å². The van der Waals surface area contributed by atoms with Crippen molar-refractivity contribution in [2.75, 3.05) is 26.2 Å². The van der Waals surface area contributed by atoms with Crippen LogP contribution in [0.15, 0.2) is 24.3 Å². The first-order valence-corrected chi connectivity index (χ1v) is 7.70. The average molecular weight is 275 g/mol. The number of fused-ring (bicyclic) bond motifs is 1. The predicted molar refractivity (Wildman–Crippen MR) is 81.3 cm³/mol. The summed E-state index contributed by atoms with van der Waals surface area (Å²) >= 11 is 0. The molecule has 1 aliphatic rings. The Bertz CT molecular complexity index is 440. The van der Waals surface area contributed by atoms with E-state index in [1.54, 1.807) is 0 Å². The molecule has 20 heavy (non-hydrogen) atoms. The molecule has 2 rings (SSSR count). The van der Waals surface area contributed by atoms with E-state index in [1.165, 1.54) is 5.56 Å². The Balaban J connectivity index is 1.89. The molecule has 3 heteroatoms. The lowest BCUT2D eigenvalue weighted by Gasteiger charge is -2.25.